The molecule has 0 saturated heterocycles. The third-order valence-corrected chi connectivity index (χ3v) is 1.89. The summed E-state index contributed by atoms with van der Waals surface area (Å²) in [5.74, 6) is 0.0661. The summed E-state index contributed by atoms with van der Waals surface area (Å²) in [6.45, 7) is 0.573. The highest BCUT2D eigenvalue weighted by molar-refractivity contribution is 5.60. The standard InChI is InChI=1S/C10H9N3O3/c14-10(15)16-9-6-13(7-12-9)5-8-2-1-3-11-4-8/h1-4,6-7H,5H2,(H,14,15). The number of pyridine rings is 1. The number of hydrogen-bond donors (Lipinski definition) is 1. The lowest BCUT2D eigenvalue weighted by Crippen LogP contribution is -2.03. The van der Waals surface area contributed by atoms with Gasteiger partial charge in [0.2, 0.25) is 5.88 Å². The van der Waals surface area contributed by atoms with Crippen molar-refractivity contribution in [2.75, 3.05) is 0 Å². The van der Waals surface area contributed by atoms with Gasteiger partial charge in [-0.2, -0.15) is 0 Å². The lowest BCUT2D eigenvalue weighted by atomic mass is 10.3. The first-order valence-electron chi connectivity index (χ1n) is 4.55. The van der Waals surface area contributed by atoms with Gasteiger partial charge in [0.15, 0.2) is 0 Å². The van der Waals surface area contributed by atoms with Crippen molar-refractivity contribution >= 4 is 6.16 Å². The van der Waals surface area contributed by atoms with Crippen molar-refractivity contribution in [2.24, 2.45) is 0 Å². The largest absolute Gasteiger partial charge is 0.512 e. The van der Waals surface area contributed by atoms with Gasteiger partial charge in [-0.1, -0.05) is 6.07 Å². The quantitative estimate of drug-likeness (QED) is 0.789. The van der Waals surface area contributed by atoms with Crippen LogP contribution in [0, 0.1) is 0 Å². The molecule has 16 heavy (non-hydrogen) atoms. The van der Waals surface area contributed by atoms with Gasteiger partial charge < -0.3 is 14.4 Å². The van der Waals surface area contributed by atoms with E-state index in [-0.39, 0.29) is 5.88 Å². The van der Waals surface area contributed by atoms with E-state index in [1.807, 2.05) is 12.1 Å². The van der Waals surface area contributed by atoms with E-state index in [2.05, 4.69) is 14.7 Å². The maximum Gasteiger partial charge on any atom is 0.512 e. The highest BCUT2D eigenvalue weighted by atomic mass is 16.7. The van der Waals surface area contributed by atoms with E-state index in [0.717, 1.165) is 5.56 Å². The fourth-order valence-corrected chi connectivity index (χ4v) is 1.27. The van der Waals surface area contributed by atoms with Crippen LogP contribution in [0.15, 0.2) is 37.1 Å². The van der Waals surface area contributed by atoms with Gasteiger partial charge in [0.05, 0.1) is 19.1 Å². The van der Waals surface area contributed by atoms with Crippen molar-refractivity contribution in [1.29, 1.82) is 0 Å². The fourth-order valence-electron chi connectivity index (χ4n) is 1.27. The van der Waals surface area contributed by atoms with Crippen molar-refractivity contribution < 1.29 is 14.6 Å². The van der Waals surface area contributed by atoms with Crippen molar-refractivity contribution in [3.05, 3.63) is 42.6 Å². The second kappa shape index (κ2) is 4.43. The van der Waals surface area contributed by atoms with Crippen molar-refractivity contribution in [1.82, 2.24) is 14.5 Å². The molecule has 0 bridgehead atoms. The summed E-state index contributed by atoms with van der Waals surface area (Å²) in [7, 11) is 0. The minimum Gasteiger partial charge on any atom is -0.449 e. The molecule has 0 unspecified atom stereocenters. The molecule has 82 valence electrons. The molecule has 0 atom stereocenters. The number of nitrogens with zero attached hydrogens (tertiary/aromatic N) is 3. The number of rotatable bonds is 3. The molecule has 6 nitrogen and oxygen atoms in total. The Morgan fingerprint density at radius 3 is 3.12 bits per heavy atom. The van der Waals surface area contributed by atoms with E-state index in [0.29, 0.717) is 6.54 Å². The average molecular weight is 219 g/mol. The van der Waals surface area contributed by atoms with Crippen LogP contribution in [0.3, 0.4) is 0 Å². The molecule has 0 amide bonds. The number of carboxylic acid groups (broad SMARTS) is 1. The zero-order valence-electron chi connectivity index (χ0n) is 8.28. The van der Waals surface area contributed by atoms with Gasteiger partial charge >= 0.3 is 6.16 Å². The zero-order valence-corrected chi connectivity index (χ0v) is 8.28. The van der Waals surface area contributed by atoms with E-state index in [9.17, 15) is 4.79 Å². The van der Waals surface area contributed by atoms with Gasteiger partial charge in [0.25, 0.3) is 0 Å². The van der Waals surface area contributed by atoms with Crippen LogP contribution in [0.5, 0.6) is 5.88 Å². The number of carbonyl (C=O) groups is 1. The Labute approximate surface area is 91.1 Å². The van der Waals surface area contributed by atoms with E-state index in [1.165, 1.54) is 12.5 Å². The van der Waals surface area contributed by atoms with Gasteiger partial charge in [-0.3, -0.25) is 4.98 Å². The van der Waals surface area contributed by atoms with Gasteiger partial charge in [-0.05, 0) is 11.6 Å². The van der Waals surface area contributed by atoms with Gasteiger partial charge in [-0.25, -0.2) is 9.78 Å². The lowest BCUT2D eigenvalue weighted by Gasteiger charge is -2.00. The molecule has 0 aliphatic heterocycles. The summed E-state index contributed by atoms with van der Waals surface area (Å²) in [5.41, 5.74) is 1.00. The third kappa shape index (κ3) is 2.57. The van der Waals surface area contributed by atoms with E-state index in [1.54, 1.807) is 17.0 Å². The Morgan fingerprint density at radius 2 is 2.44 bits per heavy atom. The molecule has 0 aliphatic rings. The summed E-state index contributed by atoms with van der Waals surface area (Å²) < 4.78 is 6.12. The number of aromatic nitrogens is 3. The molecule has 0 spiro atoms. The minimum atomic E-state index is -1.37. The molecule has 6 heteroatoms. The Morgan fingerprint density at radius 1 is 1.56 bits per heavy atom. The minimum absolute atomic E-state index is 0.0661. The van der Waals surface area contributed by atoms with Crippen LogP contribution >= 0.6 is 0 Å². The van der Waals surface area contributed by atoms with Crippen molar-refractivity contribution in [3.63, 3.8) is 0 Å². The van der Waals surface area contributed by atoms with Gasteiger partial charge in [-0.15, -0.1) is 0 Å². The molecular weight excluding hydrogens is 210 g/mol. The van der Waals surface area contributed by atoms with Gasteiger partial charge in [0.1, 0.15) is 0 Å². The molecule has 0 radical (unpaired) electrons. The first kappa shape index (κ1) is 10.2. The Kier molecular flexibility index (Phi) is 2.81. The molecule has 0 aromatic carbocycles. The summed E-state index contributed by atoms with van der Waals surface area (Å²) in [4.78, 5) is 18.0. The van der Waals surface area contributed by atoms with Crippen molar-refractivity contribution in [3.8, 4) is 5.88 Å². The number of imidazole rings is 1. The topological polar surface area (TPSA) is 77.2 Å². The van der Waals surface area contributed by atoms with Crippen LogP contribution in [-0.4, -0.2) is 25.8 Å². The average Bonchev–Trinajstić information content (AvgIpc) is 2.66. The predicted molar refractivity (Wildman–Crippen MR) is 54.2 cm³/mol. The van der Waals surface area contributed by atoms with Gasteiger partial charge in [0, 0.05) is 12.4 Å². The first-order chi connectivity index (χ1) is 7.74. The highest BCUT2D eigenvalue weighted by Gasteiger charge is 2.04. The van der Waals surface area contributed by atoms with Crippen LogP contribution in [-0.2, 0) is 6.54 Å². The SMILES string of the molecule is O=C(O)Oc1cn(Cc2cccnc2)cn1. The van der Waals surface area contributed by atoms with Crippen LogP contribution in [0.25, 0.3) is 0 Å². The summed E-state index contributed by atoms with van der Waals surface area (Å²) in [6.07, 6.45) is 5.08. The van der Waals surface area contributed by atoms with E-state index >= 15 is 0 Å². The molecule has 2 rings (SSSR count). The zero-order chi connectivity index (χ0) is 11.4. The summed E-state index contributed by atoms with van der Waals surface area (Å²) >= 11 is 0. The maximum atomic E-state index is 10.3. The summed E-state index contributed by atoms with van der Waals surface area (Å²) in [5, 5.41) is 8.38. The summed E-state index contributed by atoms with van der Waals surface area (Å²) in [6, 6.07) is 3.76. The normalized spacial score (nSPS) is 10.0. The van der Waals surface area contributed by atoms with Crippen LogP contribution in [0.4, 0.5) is 4.79 Å². The highest BCUT2D eigenvalue weighted by Crippen LogP contribution is 2.08. The molecule has 0 aliphatic carbocycles. The number of hydrogen-bond acceptors (Lipinski definition) is 4. The monoisotopic (exact) mass is 219 g/mol. The third-order valence-electron chi connectivity index (χ3n) is 1.89. The molecule has 1 N–H and O–H groups in total. The van der Waals surface area contributed by atoms with E-state index in [4.69, 9.17) is 5.11 Å². The second-order valence-electron chi connectivity index (χ2n) is 3.11. The Bertz CT molecular complexity index is 481. The lowest BCUT2D eigenvalue weighted by molar-refractivity contribution is 0.142. The molecule has 2 aromatic rings. The van der Waals surface area contributed by atoms with Crippen LogP contribution in [0.2, 0.25) is 0 Å². The predicted octanol–water partition coefficient (Wildman–Crippen LogP) is 1.38. The molecule has 0 saturated carbocycles. The Balaban J connectivity index is 2.06. The molecule has 2 heterocycles. The maximum absolute atomic E-state index is 10.3. The van der Waals surface area contributed by atoms with E-state index < -0.39 is 6.16 Å². The molecule has 0 fully saturated rings. The first-order valence-corrected chi connectivity index (χ1v) is 4.55. The van der Waals surface area contributed by atoms with Crippen molar-refractivity contribution in [2.45, 2.75) is 6.54 Å². The Hall–Kier alpha value is -2.37. The number of ether oxygens (including phenoxy) is 1. The van der Waals surface area contributed by atoms with Crippen LogP contribution < -0.4 is 4.74 Å². The molecule has 2 aromatic heterocycles. The van der Waals surface area contributed by atoms with Crippen LogP contribution in [0.1, 0.15) is 5.56 Å². The smallest absolute Gasteiger partial charge is 0.449 e. The second-order valence-corrected chi connectivity index (χ2v) is 3.11. The molecular formula is C10H9N3O3. The fraction of sp³-hybridized carbons (Fsp3) is 0.100.